The largest absolute Gasteiger partial charge is 0.373 e. The van der Waals surface area contributed by atoms with Gasteiger partial charge < -0.3 is 15.5 Å². The van der Waals surface area contributed by atoms with E-state index >= 15 is 0 Å². The van der Waals surface area contributed by atoms with Gasteiger partial charge in [0, 0.05) is 19.3 Å². The SMILES string of the molecule is CC1(CNC(=O)c2ccncc2NN)CCCO1. The van der Waals surface area contributed by atoms with Crippen molar-refractivity contribution in [2.45, 2.75) is 25.4 Å². The van der Waals surface area contributed by atoms with E-state index in [0.717, 1.165) is 19.4 Å². The molecule has 1 aromatic heterocycles. The molecule has 1 unspecified atom stereocenters. The van der Waals surface area contributed by atoms with Crippen LogP contribution in [0.2, 0.25) is 0 Å². The first-order chi connectivity index (χ1) is 8.64. The topological polar surface area (TPSA) is 89.3 Å². The number of pyridine rings is 1. The molecule has 1 saturated heterocycles. The molecule has 1 amide bonds. The fraction of sp³-hybridized carbons (Fsp3) is 0.500. The Balaban J connectivity index is 1.99. The number of hydrogen-bond donors (Lipinski definition) is 3. The predicted octanol–water partition coefficient (Wildman–Crippen LogP) is 0.666. The van der Waals surface area contributed by atoms with Gasteiger partial charge in [0.1, 0.15) is 0 Å². The summed E-state index contributed by atoms with van der Waals surface area (Å²) in [5.41, 5.74) is 3.20. The molecule has 1 aliphatic rings. The van der Waals surface area contributed by atoms with Crippen LogP contribution in [0.5, 0.6) is 0 Å². The van der Waals surface area contributed by atoms with Gasteiger partial charge in [0.25, 0.3) is 5.91 Å². The quantitative estimate of drug-likeness (QED) is 0.540. The van der Waals surface area contributed by atoms with Gasteiger partial charge in [0.05, 0.1) is 23.0 Å². The molecule has 1 aliphatic heterocycles. The highest BCUT2D eigenvalue weighted by Gasteiger charge is 2.30. The number of rotatable bonds is 4. The van der Waals surface area contributed by atoms with Crippen molar-refractivity contribution < 1.29 is 9.53 Å². The van der Waals surface area contributed by atoms with Crippen LogP contribution in [0.1, 0.15) is 30.1 Å². The second-order valence-corrected chi connectivity index (χ2v) is 4.65. The van der Waals surface area contributed by atoms with Gasteiger partial charge >= 0.3 is 0 Å². The highest BCUT2D eigenvalue weighted by molar-refractivity contribution is 5.99. The number of anilines is 1. The lowest BCUT2D eigenvalue weighted by molar-refractivity contribution is 0.0206. The second-order valence-electron chi connectivity index (χ2n) is 4.65. The smallest absolute Gasteiger partial charge is 0.253 e. The minimum atomic E-state index is -0.251. The Morgan fingerprint density at radius 1 is 1.67 bits per heavy atom. The number of nitrogens with one attached hydrogen (secondary N) is 2. The van der Waals surface area contributed by atoms with Gasteiger partial charge in [0.15, 0.2) is 0 Å². The number of carbonyl (C=O) groups is 1. The Hall–Kier alpha value is -1.66. The Bertz CT molecular complexity index is 430. The van der Waals surface area contributed by atoms with Crippen LogP contribution in [-0.2, 0) is 4.74 Å². The van der Waals surface area contributed by atoms with Crippen LogP contribution in [0, 0.1) is 0 Å². The lowest BCUT2D eigenvalue weighted by atomic mass is 10.0. The second kappa shape index (κ2) is 5.32. The number of hydrazine groups is 1. The zero-order valence-electron chi connectivity index (χ0n) is 10.4. The van der Waals surface area contributed by atoms with Crippen molar-refractivity contribution >= 4 is 11.6 Å². The molecule has 0 saturated carbocycles. The standard InChI is InChI=1S/C12H18N4O2/c1-12(4-2-6-18-12)8-15-11(17)9-3-5-14-7-10(9)16-13/h3,5,7,16H,2,4,6,8,13H2,1H3,(H,15,17). The number of nitrogen functional groups attached to an aromatic ring is 1. The zero-order valence-corrected chi connectivity index (χ0v) is 10.4. The summed E-state index contributed by atoms with van der Waals surface area (Å²) in [6.07, 6.45) is 5.08. The van der Waals surface area contributed by atoms with Gasteiger partial charge in [-0.1, -0.05) is 0 Å². The van der Waals surface area contributed by atoms with E-state index in [1.807, 2.05) is 6.92 Å². The number of nitrogens with two attached hydrogens (primary N) is 1. The van der Waals surface area contributed by atoms with Crippen molar-refractivity contribution in [3.63, 3.8) is 0 Å². The molecule has 1 fully saturated rings. The van der Waals surface area contributed by atoms with Crippen LogP contribution in [0.25, 0.3) is 0 Å². The van der Waals surface area contributed by atoms with Crippen molar-refractivity contribution in [3.05, 3.63) is 24.0 Å². The van der Waals surface area contributed by atoms with Gasteiger partial charge in [-0.05, 0) is 25.8 Å². The van der Waals surface area contributed by atoms with Crippen molar-refractivity contribution in [1.29, 1.82) is 0 Å². The molecule has 2 heterocycles. The van der Waals surface area contributed by atoms with E-state index in [1.54, 1.807) is 12.3 Å². The molecule has 0 aliphatic carbocycles. The molecular weight excluding hydrogens is 232 g/mol. The maximum absolute atomic E-state index is 12.0. The van der Waals surface area contributed by atoms with Gasteiger partial charge in [-0.15, -0.1) is 0 Å². The van der Waals surface area contributed by atoms with Crippen LogP contribution >= 0.6 is 0 Å². The summed E-state index contributed by atoms with van der Waals surface area (Å²) in [6.45, 7) is 3.27. The third kappa shape index (κ3) is 2.77. The van der Waals surface area contributed by atoms with Crippen molar-refractivity contribution in [3.8, 4) is 0 Å². The minimum absolute atomic E-state index is 0.179. The van der Waals surface area contributed by atoms with E-state index in [9.17, 15) is 4.79 Å². The monoisotopic (exact) mass is 250 g/mol. The molecule has 0 spiro atoms. The highest BCUT2D eigenvalue weighted by Crippen LogP contribution is 2.24. The Morgan fingerprint density at radius 3 is 3.17 bits per heavy atom. The Kier molecular flexibility index (Phi) is 3.78. The number of hydrogen-bond acceptors (Lipinski definition) is 5. The summed E-state index contributed by atoms with van der Waals surface area (Å²) in [7, 11) is 0. The first-order valence-electron chi connectivity index (χ1n) is 5.97. The summed E-state index contributed by atoms with van der Waals surface area (Å²) < 4.78 is 5.62. The van der Waals surface area contributed by atoms with Crippen LogP contribution in [-0.4, -0.2) is 29.6 Å². The summed E-state index contributed by atoms with van der Waals surface area (Å²) in [6, 6.07) is 1.63. The normalized spacial score (nSPS) is 22.8. The molecule has 1 atom stereocenters. The maximum atomic E-state index is 12.0. The average molecular weight is 250 g/mol. The van der Waals surface area contributed by atoms with E-state index in [1.165, 1.54) is 6.20 Å². The molecule has 18 heavy (non-hydrogen) atoms. The summed E-state index contributed by atoms with van der Waals surface area (Å²) in [5.74, 6) is 5.16. The van der Waals surface area contributed by atoms with Crippen molar-refractivity contribution in [2.24, 2.45) is 5.84 Å². The van der Waals surface area contributed by atoms with Crippen molar-refractivity contribution in [2.75, 3.05) is 18.6 Å². The lowest BCUT2D eigenvalue weighted by Gasteiger charge is -2.23. The molecule has 6 nitrogen and oxygen atoms in total. The Labute approximate surface area is 106 Å². The number of nitrogens with zero attached hydrogens (tertiary/aromatic N) is 1. The fourth-order valence-corrected chi connectivity index (χ4v) is 2.05. The number of aromatic nitrogens is 1. The Morgan fingerprint density at radius 2 is 2.50 bits per heavy atom. The van der Waals surface area contributed by atoms with E-state index in [2.05, 4.69) is 15.7 Å². The van der Waals surface area contributed by atoms with Crippen LogP contribution < -0.4 is 16.6 Å². The first-order valence-corrected chi connectivity index (χ1v) is 5.97. The van der Waals surface area contributed by atoms with Gasteiger partial charge in [-0.3, -0.25) is 15.6 Å². The van der Waals surface area contributed by atoms with E-state index in [0.29, 0.717) is 17.8 Å². The number of carbonyl (C=O) groups excluding carboxylic acids is 1. The highest BCUT2D eigenvalue weighted by atomic mass is 16.5. The van der Waals surface area contributed by atoms with E-state index < -0.39 is 0 Å². The lowest BCUT2D eigenvalue weighted by Crippen LogP contribution is -2.40. The predicted molar refractivity (Wildman–Crippen MR) is 68.0 cm³/mol. The summed E-state index contributed by atoms with van der Waals surface area (Å²) >= 11 is 0. The van der Waals surface area contributed by atoms with Crippen molar-refractivity contribution in [1.82, 2.24) is 10.3 Å². The van der Waals surface area contributed by atoms with Gasteiger partial charge in [-0.25, -0.2) is 0 Å². The first kappa shape index (κ1) is 12.8. The van der Waals surface area contributed by atoms with E-state index in [4.69, 9.17) is 10.6 Å². The zero-order chi connectivity index (χ0) is 13.0. The van der Waals surface area contributed by atoms with Crippen LogP contribution in [0.15, 0.2) is 18.5 Å². The molecule has 2 rings (SSSR count). The number of ether oxygens (including phenoxy) is 1. The fourth-order valence-electron chi connectivity index (χ4n) is 2.05. The molecule has 0 aromatic carbocycles. The maximum Gasteiger partial charge on any atom is 0.253 e. The number of amides is 1. The summed E-state index contributed by atoms with van der Waals surface area (Å²) in [5, 5.41) is 2.87. The molecule has 98 valence electrons. The van der Waals surface area contributed by atoms with E-state index in [-0.39, 0.29) is 11.5 Å². The van der Waals surface area contributed by atoms with Crippen LogP contribution in [0.4, 0.5) is 5.69 Å². The molecule has 0 bridgehead atoms. The minimum Gasteiger partial charge on any atom is -0.373 e. The summed E-state index contributed by atoms with van der Waals surface area (Å²) in [4.78, 5) is 15.9. The molecule has 6 heteroatoms. The average Bonchev–Trinajstić information content (AvgIpc) is 2.83. The van der Waals surface area contributed by atoms with Gasteiger partial charge in [0.2, 0.25) is 0 Å². The third-order valence-corrected chi connectivity index (χ3v) is 3.14. The van der Waals surface area contributed by atoms with Crippen LogP contribution in [0.3, 0.4) is 0 Å². The molecule has 0 radical (unpaired) electrons. The molecule has 1 aromatic rings. The molecular formula is C12H18N4O2. The van der Waals surface area contributed by atoms with Gasteiger partial charge in [-0.2, -0.15) is 0 Å². The molecule has 4 N–H and O–H groups in total. The third-order valence-electron chi connectivity index (χ3n) is 3.14.